The van der Waals surface area contributed by atoms with Crippen LogP contribution >= 0.6 is 11.8 Å². The molecule has 1 amide bonds. The number of benzene rings is 1. The molecule has 0 saturated heterocycles. The predicted octanol–water partition coefficient (Wildman–Crippen LogP) is 2.01. The van der Waals surface area contributed by atoms with Gasteiger partial charge in [0.1, 0.15) is 6.04 Å². The fourth-order valence-electron chi connectivity index (χ4n) is 1.46. The second-order valence-electron chi connectivity index (χ2n) is 4.01. The molecule has 1 aromatic carbocycles. The fourth-order valence-corrected chi connectivity index (χ4v) is 2.24. The Morgan fingerprint density at radius 2 is 2.00 bits per heavy atom. The summed E-state index contributed by atoms with van der Waals surface area (Å²) in [5.74, 6) is 0. The molecule has 3 nitrogen and oxygen atoms in total. The Morgan fingerprint density at radius 3 is 2.53 bits per heavy atom. The van der Waals surface area contributed by atoms with Crippen molar-refractivity contribution in [2.24, 2.45) is 0 Å². The van der Waals surface area contributed by atoms with Gasteiger partial charge in [0, 0.05) is 11.7 Å². The topological polar surface area (TPSA) is 46.2 Å². The molecule has 0 aliphatic carbocycles. The lowest BCUT2D eigenvalue weighted by molar-refractivity contribution is -0.117. The summed E-state index contributed by atoms with van der Waals surface area (Å²) < 4.78 is 0. The standard InChI is InChI=1S/C13H17NO2S/c1-10(2)17-13(16)12(14-9-15)8-11-6-4-3-5-7-11/h3-7,9-10,12H,8H2,1-2H3,(H,14,15)/t12-/m0/s1. The van der Waals surface area contributed by atoms with Crippen molar-refractivity contribution in [1.29, 1.82) is 0 Å². The third-order valence-electron chi connectivity index (χ3n) is 2.19. The molecule has 0 unspecified atom stereocenters. The Balaban J connectivity index is 2.66. The van der Waals surface area contributed by atoms with Crippen LogP contribution in [0.2, 0.25) is 0 Å². The molecule has 1 rings (SSSR count). The van der Waals surface area contributed by atoms with Crippen molar-refractivity contribution < 1.29 is 9.59 Å². The van der Waals surface area contributed by atoms with Crippen molar-refractivity contribution in [3.63, 3.8) is 0 Å². The van der Waals surface area contributed by atoms with E-state index in [2.05, 4.69) is 5.32 Å². The summed E-state index contributed by atoms with van der Waals surface area (Å²) in [4.78, 5) is 22.4. The first-order valence-electron chi connectivity index (χ1n) is 5.57. The van der Waals surface area contributed by atoms with E-state index in [9.17, 15) is 9.59 Å². The summed E-state index contributed by atoms with van der Waals surface area (Å²) >= 11 is 1.26. The predicted molar refractivity (Wildman–Crippen MR) is 70.9 cm³/mol. The van der Waals surface area contributed by atoms with Crippen molar-refractivity contribution >= 4 is 23.3 Å². The highest BCUT2D eigenvalue weighted by molar-refractivity contribution is 8.14. The monoisotopic (exact) mass is 251 g/mol. The molecule has 0 fully saturated rings. The molecule has 92 valence electrons. The van der Waals surface area contributed by atoms with E-state index in [1.54, 1.807) is 0 Å². The number of hydrogen-bond acceptors (Lipinski definition) is 3. The van der Waals surface area contributed by atoms with Crippen LogP contribution in [0.5, 0.6) is 0 Å². The largest absolute Gasteiger partial charge is 0.348 e. The third-order valence-corrected chi connectivity index (χ3v) is 3.18. The summed E-state index contributed by atoms with van der Waals surface area (Å²) in [6, 6.07) is 9.23. The molecule has 1 atom stereocenters. The highest BCUT2D eigenvalue weighted by atomic mass is 32.2. The Hall–Kier alpha value is -1.29. The first kappa shape index (κ1) is 13.8. The Kier molecular flexibility index (Phi) is 5.77. The maximum absolute atomic E-state index is 11.9. The van der Waals surface area contributed by atoms with E-state index in [1.165, 1.54) is 11.8 Å². The number of nitrogens with one attached hydrogen (secondary N) is 1. The molecule has 0 saturated carbocycles. The average Bonchev–Trinajstić information content (AvgIpc) is 2.29. The first-order valence-corrected chi connectivity index (χ1v) is 6.45. The molecule has 0 heterocycles. The SMILES string of the molecule is CC(C)SC(=O)[C@H](Cc1ccccc1)NC=O. The van der Waals surface area contributed by atoms with Gasteiger partial charge in [-0.15, -0.1) is 0 Å². The molecule has 4 heteroatoms. The summed E-state index contributed by atoms with van der Waals surface area (Å²) in [5.41, 5.74) is 1.05. The van der Waals surface area contributed by atoms with E-state index < -0.39 is 6.04 Å². The van der Waals surface area contributed by atoms with Gasteiger partial charge in [-0.3, -0.25) is 9.59 Å². The van der Waals surface area contributed by atoms with Crippen molar-refractivity contribution in [3.8, 4) is 0 Å². The van der Waals surface area contributed by atoms with Crippen molar-refractivity contribution in [2.45, 2.75) is 31.6 Å². The third kappa shape index (κ3) is 5.04. The van der Waals surface area contributed by atoms with Crippen LogP contribution in [0.25, 0.3) is 0 Å². The number of hydrogen-bond donors (Lipinski definition) is 1. The van der Waals surface area contributed by atoms with Crippen LogP contribution in [0.15, 0.2) is 30.3 Å². The van der Waals surface area contributed by atoms with E-state index in [4.69, 9.17) is 0 Å². The van der Waals surface area contributed by atoms with E-state index in [1.807, 2.05) is 44.2 Å². The van der Waals surface area contributed by atoms with E-state index in [-0.39, 0.29) is 10.4 Å². The number of carbonyl (C=O) groups is 2. The van der Waals surface area contributed by atoms with Crippen LogP contribution in [0, 0.1) is 0 Å². The Morgan fingerprint density at radius 1 is 1.35 bits per heavy atom. The molecule has 0 radical (unpaired) electrons. The van der Waals surface area contributed by atoms with Gasteiger partial charge in [0.25, 0.3) is 0 Å². The lowest BCUT2D eigenvalue weighted by atomic mass is 10.1. The summed E-state index contributed by atoms with van der Waals surface area (Å²) in [6.45, 7) is 3.92. The van der Waals surface area contributed by atoms with Gasteiger partial charge in [0.2, 0.25) is 11.5 Å². The lowest BCUT2D eigenvalue weighted by Gasteiger charge is -2.15. The number of amides is 1. The second-order valence-corrected chi connectivity index (χ2v) is 5.59. The average molecular weight is 251 g/mol. The molecule has 0 aliphatic rings. The highest BCUT2D eigenvalue weighted by Crippen LogP contribution is 2.15. The zero-order valence-electron chi connectivity index (χ0n) is 10.1. The molecular formula is C13H17NO2S. The van der Waals surface area contributed by atoms with Crippen LogP contribution < -0.4 is 5.32 Å². The lowest BCUT2D eigenvalue weighted by Crippen LogP contribution is -2.36. The van der Waals surface area contributed by atoms with Crippen LogP contribution in [-0.4, -0.2) is 22.8 Å². The summed E-state index contributed by atoms with van der Waals surface area (Å²) in [6.07, 6.45) is 1.13. The van der Waals surface area contributed by atoms with Gasteiger partial charge >= 0.3 is 0 Å². The minimum Gasteiger partial charge on any atom is -0.348 e. The van der Waals surface area contributed by atoms with Crippen LogP contribution in [0.1, 0.15) is 19.4 Å². The van der Waals surface area contributed by atoms with Gasteiger partial charge in [0.15, 0.2) is 0 Å². The molecule has 0 aromatic heterocycles. The van der Waals surface area contributed by atoms with Gasteiger partial charge in [-0.2, -0.15) is 0 Å². The van der Waals surface area contributed by atoms with Crippen LogP contribution in [0.4, 0.5) is 0 Å². The number of thioether (sulfide) groups is 1. The van der Waals surface area contributed by atoms with E-state index in [0.717, 1.165) is 5.56 Å². The Bertz CT molecular complexity index is 365. The molecule has 0 aliphatic heterocycles. The molecule has 1 aromatic rings. The smallest absolute Gasteiger partial charge is 0.211 e. The maximum Gasteiger partial charge on any atom is 0.211 e. The summed E-state index contributed by atoms with van der Waals surface area (Å²) in [5, 5.41) is 2.83. The van der Waals surface area contributed by atoms with E-state index in [0.29, 0.717) is 12.8 Å². The first-order chi connectivity index (χ1) is 8.13. The van der Waals surface area contributed by atoms with Gasteiger partial charge in [-0.25, -0.2) is 0 Å². The van der Waals surface area contributed by atoms with Gasteiger partial charge in [-0.1, -0.05) is 55.9 Å². The van der Waals surface area contributed by atoms with E-state index >= 15 is 0 Å². The van der Waals surface area contributed by atoms with Gasteiger partial charge in [0.05, 0.1) is 0 Å². The van der Waals surface area contributed by atoms with Crippen LogP contribution in [0.3, 0.4) is 0 Å². The van der Waals surface area contributed by atoms with Crippen molar-refractivity contribution in [2.75, 3.05) is 0 Å². The normalized spacial score (nSPS) is 12.2. The molecular weight excluding hydrogens is 234 g/mol. The number of rotatable bonds is 6. The number of carbonyl (C=O) groups excluding carboxylic acids is 2. The second kappa shape index (κ2) is 7.12. The maximum atomic E-state index is 11.9. The van der Waals surface area contributed by atoms with Crippen LogP contribution in [-0.2, 0) is 16.0 Å². The molecule has 1 N–H and O–H groups in total. The zero-order chi connectivity index (χ0) is 12.7. The molecule has 0 spiro atoms. The zero-order valence-corrected chi connectivity index (χ0v) is 10.9. The quantitative estimate of drug-likeness (QED) is 0.787. The molecule has 17 heavy (non-hydrogen) atoms. The van der Waals surface area contributed by atoms with Crippen molar-refractivity contribution in [3.05, 3.63) is 35.9 Å². The minimum absolute atomic E-state index is 0.0101. The highest BCUT2D eigenvalue weighted by Gasteiger charge is 2.19. The minimum atomic E-state index is -0.442. The summed E-state index contributed by atoms with van der Waals surface area (Å²) in [7, 11) is 0. The van der Waals surface area contributed by atoms with Gasteiger partial charge in [-0.05, 0) is 5.56 Å². The molecule has 0 bridgehead atoms. The Labute approximate surface area is 106 Å². The van der Waals surface area contributed by atoms with Gasteiger partial charge < -0.3 is 5.32 Å². The van der Waals surface area contributed by atoms with Crippen molar-refractivity contribution in [1.82, 2.24) is 5.32 Å². The fraction of sp³-hybridized carbons (Fsp3) is 0.385.